The average molecular weight is 553 g/mol. The summed E-state index contributed by atoms with van der Waals surface area (Å²) in [6.45, 7) is 6.89. The Morgan fingerprint density at radius 1 is 1.07 bits per heavy atom. The number of esters is 1. The van der Waals surface area contributed by atoms with Crippen molar-refractivity contribution >= 4 is 30.9 Å². The number of aliphatic hydroxyl groups excluding tert-OH is 1. The molecule has 0 bridgehead atoms. The quantitative estimate of drug-likeness (QED) is 0.280. The van der Waals surface area contributed by atoms with E-state index in [4.69, 9.17) is 14.0 Å². The molecule has 3 rings (SSSR count). The highest BCUT2D eigenvalue weighted by Gasteiger charge is 2.49. The smallest absolute Gasteiger partial charge is 0.508 e. The van der Waals surface area contributed by atoms with E-state index in [1.807, 2.05) is 44.2 Å². The minimum absolute atomic E-state index is 0.0256. The second-order valence-corrected chi connectivity index (χ2v) is 10.1. The molecule has 12 heteroatoms. The van der Waals surface area contributed by atoms with Gasteiger partial charge in [-0.2, -0.15) is 0 Å². The standard InChI is InChI=1S/C28H36BN3O8/c1-6-19-24(28(37)38-5)39-29(40-27(19)36)22(15-16(2)3)31-26(35)23(17(4)33)32-25(34)21-14-10-13-20(30-21)18-11-8-7-9-12-18/h7-14,16-17,19,22-24,33H,6,15H2,1-5H3,(H,31,35)(H,32,34)/t17-,19-,22+,23+,24-/m1/s1. The first-order valence-electron chi connectivity index (χ1n) is 13.3. The third-order valence-electron chi connectivity index (χ3n) is 6.54. The van der Waals surface area contributed by atoms with Crippen LogP contribution in [-0.4, -0.2) is 72.3 Å². The van der Waals surface area contributed by atoms with Crippen LogP contribution in [0.25, 0.3) is 11.3 Å². The zero-order chi connectivity index (χ0) is 29.4. The highest BCUT2D eigenvalue weighted by Crippen LogP contribution is 2.25. The normalized spacial score (nSPS) is 19.3. The van der Waals surface area contributed by atoms with Crippen molar-refractivity contribution in [3.8, 4) is 11.3 Å². The number of hydrogen-bond donors (Lipinski definition) is 3. The van der Waals surface area contributed by atoms with Crippen LogP contribution >= 0.6 is 0 Å². The Morgan fingerprint density at radius 2 is 1.77 bits per heavy atom. The summed E-state index contributed by atoms with van der Waals surface area (Å²) in [6, 6.07) is 12.9. The van der Waals surface area contributed by atoms with Crippen LogP contribution in [0, 0.1) is 11.8 Å². The second-order valence-electron chi connectivity index (χ2n) is 10.1. The van der Waals surface area contributed by atoms with Crippen molar-refractivity contribution in [2.75, 3.05) is 7.11 Å². The number of pyridine rings is 1. The minimum atomic E-state index is -1.36. The molecule has 214 valence electrons. The molecule has 11 nitrogen and oxygen atoms in total. The molecule has 3 N–H and O–H groups in total. The number of nitrogens with one attached hydrogen (secondary N) is 2. The molecule has 2 heterocycles. The van der Waals surface area contributed by atoms with Crippen molar-refractivity contribution in [2.45, 2.75) is 64.7 Å². The summed E-state index contributed by atoms with van der Waals surface area (Å²) in [5.41, 5.74) is 1.45. The summed E-state index contributed by atoms with van der Waals surface area (Å²) in [5.74, 6) is -4.43. The van der Waals surface area contributed by atoms with Crippen LogP contribution in [0.4, 0.5) is 0 Å². The summed E-state index contributed by atoms with van der Waals surface area (Å²) in [7, 11) is -0.0820. The van der Waals surface area contributed by atoms with Gasteiger partial charge >= 0.3 is 13.1 Å². The van der Waals surface area contributed by atoms with Crippen LogP contribution in [0.2, 0.25) is 0 Å². The maximum absolute atomic E-state index is 13.4. The van der Waals surface area contributed by atoms with E-state index in [-0.39, 0.29) is 11.6 Å². The number of rotatable bonds is 11. The summed E-state index contributed by atoms with van der Waals surface area (Å²) in [5, 5.41) is 15.7. The number of aliphatic hydroxyl groups is 1. The summed E-state index contributed by atoms with van der Waals surface area (Å²) >= 11 is 0. The number of carbonyl (C=O) groups is 4. The second kappa shape index (κ2) is 14.0. The molecule has 2 amide bonds. The number of amides is 2. The van der Waals surface area contributed by atoms with Gasteiger partial charge in [-0.3, -0.25) is 14.4 Å². The number of benzene rings is 1. The Morgan fingerprint density at radius 3 is 2.38 bits per heavy atom. The van der Waals surface area contributed by atoms with E-state index in [9.17, 15) is 24.3 Å². The number of ether oxygens (including phenoxy) is 1. The average Bonchev–Trinajstić information content (AvgIpc) is 2.94. The Balaban J connectivity index is 1.78. The topological polar surface area (TPSA) is 153 Å². The van der Waals surface area contributed by atoms with Crippen molar-refractivity contribution < 1.29 is 38.3 Å². The zero-order valence-corrected chi connectivity index (χ0v) is 23.3. The van der Waals surface area contributed by atoms with Gasteiger partial charge in [-0.25, -0.2) is 9.78 Å². The van der Waals surface area contributed by atoms with Crippen LogP contribution in [0.5, 0.6) is 0 Å². The van der Waals surface area contributed by atoms with Gasteiger partial charge in [0.15, 0.2) is 6.10 Å². The van der Waals surface area contributed by atoms with Gasteiger partial charge in [0.05, 0.1) is 30.8 Å². The van der Waals surface area contributed by atoms with Crippen molar-refractivity contribution in [1.82, 2.24) is 15.6 Å². The molecule has 1 fully saturated rings. The maximum atomic E-state index is 13.4. The van der Waals surface area contributed by atoms with Crippen LogP contribution in [0.15, 0.2) is 48.5 Å². The van der Waals surface area contributed by atoms with E-state index in [0.717, 1.165) is 5.56 Å². The highest BCUT2D eigenvalue weighted by molar-refractivity contribution is 6.50. The largest absolute Gasteiger partial charge is 0.551 e. The van der Waals surface area contributed by atoms with Crippen molar-refractivity contribution in [3.63, 3.8) is 0 Å². The number of aromatic nitrogens is 1. The number of hydrogen-bond acceptors (Lipinski definition) is 9. The van der Waals surface area contributed by atoms with Crippen molar-refractivity contribution in [1.29, 1.82) is 0 Å². The molecule has 0 spiro atoms. The van der Waals surface area contributed by atoms with Gasteiger partial charge in [0, 0.05) is 5.56 Å². The predicted molar refractivity (Wildman–Crippen MR) is 147 cm³/mol. The molecule has 1 aliphatic heterocycles. The van der Waals surface area contributed by atoms with Gasteiger partial charge in [0.2, 0.25) is 5.91 Å². The fourth-order valence-corrected chi connectivity index (χ4v) is 4.46. The first kappa shape index (κ1) is 30.8. The molecule has 0 saturated carbocycles. The van der Waals surface area contributed by atoms with Gasteiger partial charge in [0.25, 0.3) is 11.9 Å². The van der Waals surface area contributed by atoms with E-state index >= 15 is 0 Å². The van der Waals surface area contributed by atoms with Gasteiger partial charge in [-0.15, -0.1) is 0 Å². The van der Waals surface area contributed by atoms with E-state index < -0.39 is 61.0 Å². The third kappa shape index (κ3) is 7.67. The molecule has 1 aromatic carbocycles. The molecule has 1 aromatic heterocycles. The van der Waals surface area contributed by atoms with Gasteiger partial charge in [-0.05, 0) is 37.8 Å². The molecule has 0 radical (unpaired) electrons. The Hall–Kier alpha value is -3.77. The summed E-state index contributed by atoms with van der Waals surface area (Å²) in [6.07, 6.45) is -1.86. The number of carbonyl (C=O) groups excluding carboxylic acids is 4. The lowest BCUT2D eigenvalue weighted by Crippen LogP contribution is -2.62. The lowest BCUT2D eigenvalue weighted by Gasteiger charge is -2.36. The van der Waals surface area contributed by atoms with Crippen molar-refractivity contribution in [3.05, 3.63) is 54.2 Å². The minimum Gasteiger partial charge on any atom is -0.508 e. The molecule has 2 aromatic rings. The monoisotopic (exact) mass is 553 g/mol. The lowest BCUT2D eigenvalue weighted by molar-refractivity contribution is -0.167. The van der Waals surface area contributed by atoms with Crippen LogP contribution in [-0.2, 0) is 28.4 Å². The van der Waals surface area contributed by atoms with Gasteiger partial charge in [0.1, 0.15) is 11.7 Å². The van der Waals surface area contributed by atoms with E-state index in [1.54, 1.807) is 19.1 Å². The Bertz CT molecular complexity index is 1190. The molecule has 5 atom stereocenters. The molecular weight excluding hydrogens is 517 g/mol. The third-order valence-corrected chi connectivity index (χ3v) is 6.54. The van der Waals surface area contributed by atoms with E-state index in [1.165, 1.54) is 20.1 Å². The van der Waals surface area contributed by atoms with Gasteiger partial charge < -0.3 is 29.8 Å². The first-order chi connectivity index (χ1) is 19.0. The Labute approximate surface area is 234 Å². The Kier molecular flexibility index (Phi) is 10.8. The number of methoxy groups -OCH3 is 1. The molecular formula is C28H36BN3O8. The zero-order valence-electron chi connectivity index (χ0n) is 23.3. The SMILES string of the molecule is CC[C@H]1C(=O)OB([C@H](CC(C)C)NC(=O)[C@@H](NC(=O)c2cccc(-c3ccccc3)n2)[C@@H](C)O)O[C@H]1C(=O)OC. The fourth-order valence-electron chi connectivity index (χ4n) is 4.46. The van der Waals surface area contributed by atoms with Crippen LogP contribution < -0.4 is 10.6 Å². The van der Waals surface area contributed by atoms with Crippen LogP contribution in [0.1, 0.15) is 51.0 Å². The molecule has 0 aliphatic carbocycles. The lowest BCUT2D eigenvalue weighted by atomic mass is 9.71. The molecule has 1 aliphatic rings. The highest BCUT2D eigenvalue weighted by atomic mass is 16.7. The molecule has 0 unspecified atom stereocenters. The summed E-state index contributed by atoms with van der Waals surface area (Å²) in [4.78, 5) is 55.8. The van der Waals surface area contributed by atoms with Gasteiger partial charge in [-0.1, -0.05) is 57.2 Å². The molecule has 40 heavy (non-hydrogen) atoms. The van der Waals surface area contributed by atoms with Crippen LogP contribution in [0.3, 0.4) is 0 Å². The number of nitrogens with zero attached hydrogens (tertiary/aromatic N) is 1. The first-order valence-corrected chi connectivity index (χ1v) is 13.3. The maximum Gasteiger partial charge on any atom is 0.551 e. The van der Waals surface area contributed by atoms with Crippen molar-refractivity contribution in [2.24, 2.45) is 11.8 Å². The predicted octanol–water partition coefficient (Wildman–Crippen LogP) is 1.93. The molecule has 1 saturated heterocycles. The van der Waals surface area contributed by atoms with E-state index in [0.29, 0.717) is 18.5 Å². The fraction of sp³-hybridized carbons (Fsp3) is 0.464. The van der Waals surface area contributed by atoms with E-state index in [2.05, 4.69) is 15.6 Å². The summed E-state index contributed by atoms with van der Waals surface area (Å²) < 4.78 is 16.1.